The lowest BCUT2D eigenvalue weighted by molar-refractivity contribution is 0.311. The fraction of sp³-hybridized carbons (Fsp3) is 0.158. The molecule has 0 aliphatic carbocycles. The molecule has 1 aliphatic rings. The fourth-order valence-corrected chi connectivity index (χ4v) is 4.78. The lowest BCUT2D eigenvalue weighted by Gasteiger charge is -2.32. The predicted molar refractivity (Wildman–Crippen MR) is 109 cm³/mol. The second-order valence-corrected chi connectivity index (χ2v) is 8.56. The van der Waals surface area contributed by atoms with Gasteiger partial charge < -0.3 is 14.4 Å². The first kappa shape index (κ1) is 19.0. The van der Waals surface area contributed by atoms with E-state index in [1.807, 2.05) is 29.2 Å². The van der Waals surface area contributed by atoms with E-state index in [-0.39, 0.29) is 11.5 Å². The first-order valence-electron chi connectivity index (χ1n) is 8.64. The number of aromatic nitrogens is 1. The van der Waals surface area contributed by atoms with Crippen molar-refractivity contribution >= 4 is 37.9 Å². The molecule has 148 valence electrons. The zero-order chi connectivity index (χ0) is 20.3. The van der Waals surface area contributed by atoms with E-state index >= 15 is 0 Å². The molecule has 2 heterocycles. The summed E-state index contributed by atoms with van der Waals surface area (Å²) in [7, 11) is -3.78. The van der Waals surface area contributed by atoms with Crippen molar-refractivity contribution in [3.63, 3.8) is 0 Å². The summed E-state index contributed by atoms with van der Waals surface area (Å²) in [6, 6.07) is 14.1. The maximum Gasteiger partial charge on any atom is 0.263 e. The molecule has 3 aromatic rings. The lowest BCUT2D eigenvalue weighted by atomic mass is 10.2. The van der Waals surface area contributed by atoms with Crippen LogP contribution in [0, 0.1) is 11.3 Å². The minimum atomic E-state index is -3.78. The van der Waals surface area contributed by atoms with Crippen LogP contribution in [0.3, 0.4) is 0 Å². The molecule has 0 saturated carbocycles. The Bertz CT molecular complexity index is 1160. The Hall–Kier alpha value is -3.29. The van der Waals surface area contributed by atoms with E-state index in [2.05, 4.69) is 9.71 Å². The highest BCUT2D eigenvalue weighted by atomic mass is 32.2. The van der Waals surface area contributed by atoms with Crippen molar-refractivity contribution in [3.8, 4) is 17.6 Å². The molecule has 0 spiro atoms. The molecule has 0 radical (unpaired) electrons. The number of para-hydroxylation sites is 2. The molecule has 4 rings (SSSR count). The van der Waals surface area contributed by atoms with Crippen LogP contribution < -0.4 is 19.1 Å². The van der Waals surface area contributed by atoms with Gasteiger partial charge in [-0.25, -0.2) is 13.4 Å². The summed E-state index contributed by atoms with van der Waals surface area (Å²) in [6.07, 6.45) is 1.53. The minimum Gasteiger partial charge on any atom is -0.489 e. The largest absolute Gasteiger partial charge is 0.489 e. The Kier molecular flexibility index (Phi) is 5.24. The van der Waals surface area contributed by atoms with E-state index in [0.717, 1.165) is 11.4 Å². The second kappa shape index (κ2) is 7.98. The van der Waals surface area contributed by atoms with Crippen LogP contribution in [0.2, 0.25) is 0 Å². The van der Waals surface area contributed by atoms with Crippen molar-refractivity contribution in [2.75, 3.05) is 29.4 Å². The highest BCUT2D eigenvalue weighted by Gasteiger charge is 2.25. The van der Waals surface area contributed by atoms with Crippen molar-refractivity contribution in [1.29, 1.82) is 5.26 Å². The standard InChI is InChI=1S/C19H16N4O4S2/c20-7-10-26-17-4-2-1-3-15(17)23-9-11-27-18-13-14(5-6-16(18)23)29(24,25)22-19-21-8-12-28-19/h1-6,8,12-13H,9-11H2,(H,21,22). The Balaban J connectivity index is 1.67. The van der Waals surface area contributed by atoms with Crippen LogP contribution in [0.4, 0.5) is 16.5 Å². The zero-order valence-corrected chi connectivity index (χ0v) is 16.7. The van der Waals surface area contributed by atoms with Crippen molar-refractivity contribution in [1.82, 2.24) is 4.98 Å². The number of ether oxygens (including phenoxy) is 2. The van der Waals surface area contributed by atoms with Crippen molar-refractivity contribution in [2.45, 2.75) is 4.90 Å². The summed E-state index contributed by atoms with van der Waals surface area (Å²) >= 11 is 1.20. The monoisotopic (exact) mass is 428 g/mol. The maximum absolute atomic E-state index is 12.6. The van der Waals surface area contributed by atoms with Crippen molar-refractivity contribution in [3.05, 3.63) is 54.0 Å². The molecule has 0 bridgehead atoms. The topological polar surface area (TPSA) is 105 Å². The van der Waals surface area contributed by atoms with E-state index in [9.17, 15) is 8.42 Å². The van der Waals surface area contributed by atoms with Crippen LogP contribution in [0.25, 0.3) is 0 Å². The molecule has 0 atom stereocenters. The quantitative estimate of drug-likeness (QED) is 0.642. The van der Waals surface area contributed by atoms with Gasteiger partial charge >= 0.3 is 0 Å². The molecule has 0 fully saturated rings. The number of nitrogens with one attached hydrogen (secondary N) is 1. The Morgan fingerprint density at radius 2 is 2.14 bits per heavy atom. The zero-order valence-electron chi connectivity index (χ0n) is 15.1. The summed E-state index contributed by atoms with van der Waals surface area (Å²) in [5, 5.41) is 10.8. The van der Waals surface area contributed by atoms with Crippen LogP contribution >= 0.6 is 11.3 Å². The second-order valence-electron chi connectivity index (χ2n) is 5.99. The Morgan fingerprint density at radius 3 is 2.93 bits per heavy atom. The summed E-state index contributed by atoms with van der Waals surface area (Å²) in [5.74, 6) is 1.03. The molecule has 29 heavy (non-hydrogen) atoms. The molecule has 0 amide bonds. The number of hydrogen-bond acceptors (Lipinski definition) is 8. The highest BCUT2D eigenvalue weighted by Crippen LogP contribution is 2.41. The van der Waals surface area contributed by atoms with Gasteiger partial charge in [0.15, 0.2) is 11.7 Å². The lowest BCUT2D eigenvalue weighted by Crippen LogP contribution is -2.29. The molecule has 0 saturated heterocycles. The number of nitriles is 1. The van der Waals surface area contributed by atoms with Gasteiger partial charge in [-0.15, -0.1) is 11.3 Å². The number of sulfonamides is 1. The molecule has 2 aromatic carbocycles. The van der Waals surface area contributed by atoms with Crippen LogP contribution in [-0.4, -0.2) is 33.2 Å². The molecule has 1 aromatic heterocycles. The number of nitrogens with zero attached hydrogens (tertiary/aromatic N) is 3. The minimum absolute atomic E-state index is 0.0617. The fourth-order valence-electron chi connectivity index (χ4n) is 2.98. The van der Waals surface area contributed by atoms with Crippen molar-refractivity contribution in [2.24, 2.45) is 0 Å². The Morgan fingerprint density at radius 1 is 1.28 bits per heavy atom. The van der Waals surface area contributed by atoms with Gasteiger partial charge in [-0.3, -0.25) is 4.72 Å². The molecule has 1 aliphatic heterocycles. The number of hydrogen-bond donors (Lipinski definition) is 1. The average molecular weight is 428 g/mol. The van der Waals surface area contributed by atoms with E-state index in [1.54, 1.807) is 17.5 Å². The smallest absolute Gasteiger partial charge is 0.263 e. The van der Waals surface area contributed by atoms with Gasteiger partial charge in [0.25, 0.3) is 10.0 Å². The van der Waals surface area contributed by atoms with Gasteiger partial charge in [0.2, 0.25) is 0 Å². The first-order chi connectivity index (χ1) is 14.1. The predicted octanol–water partition coefficient (Wildman–Crippen LogP) is 3.38. The van der Waals surface area contributed by atoms with Crippen molar-refractivity contribution < 1.29 is 17.9 Å². The van der Waals surface area contributed by atoms with E-state index in [1.165, 1.54) is 29.7 Å². The number of fused-ring (bicyclic) bond motifs is 1. The third kappa shape index (κ3) is 3.96. The summed E-state index contributed by atoms with van der Waals surface area (Å²) < 4.78 is 39.0. The van der Waals surface area contributed by atoms with E-state index < -0.39 is 10.0 Å². The van der Waals surface area contributed by atoms with E-state index in [0.29, 0.717) is 29.8 Å². The SMILES string of the molecule is N#CCOc1ccccc1N1CCOc2cc(S(=O)(=O)Nc3nccs3)ccc21. The van der Waals surface area contributed by atoms with Gasteiger partial charge in [0, 0.05) is 17.6 Å². The van der Waals surface area contributed by atoms with Gasteiger partial charge in [-0.2, -0.15) is 5.26 Å². The summed E-state index contributed by atoms with van der Waals surface area (Å²) in [4.78, 5) is 6.02. The first-order valence-corrected chi connectivity index (χ1v) is 11.0. The third-order valence-corrected chi connectivity index (χ3v) is 6.36. The average Bonchev–Trinajstić information content (AvgIpc) is 3.24. The number of rotatable bonds is 6. The highest BCUT2D eigenvalue weighted by molar-refractivity contribution is 7.93. The summed E-state index contributed by atoms with van der Waals surface area (Å²) in [5.41, 5.74) is 1.50. The van der Waals surface area contributed by atoms with Crippen LogP contribution in [-0.2, 0) is 10.0 Å². The number of thiazole rings is 1. The maximum atomic E-state index is 12.6. The molecule has 0 unspecified atom stereocenters. The molecule has 10 heteroatoms. The normalized spacial score (nSPS) is 13.1. The van der Waals surface area contributed by atoms with E-state index in [4.69, 9.17) is 14.7 Å². The number of benzene rings is 2. The van der Waals surface area contributed by atoms with Crippen LogP contribution in [0.1, 0.15) is 0 Å². The molecule has 8 nitrogen and oxygen atoms in total. The van der Waals surface area contributed by atoms with Crippen LogP contribution in [0.15, 0.2) is 58.9 Å². The third-order valence-electron chi connectivity index (χ3n) is 4.21. The number of anilines is 3. The molecular weight excluding hydrogens is 412 g/mol. The molecular formula is C19H16N4O4S2. The Labute approximate surface area is 172 Å². The van der Waals surface area contributed by atoms with Crippen LogP contribution in [0.5, 0.6) is 11.5 Å². The van der Waals surface area contributed by atoms with Gasteiger partial charge in [0.05, 0.1) is 22.8 Å². The van der Waals surface area contributed by atoms with Gasteiger partial charge in [-0.05, 0) is 24.3 Å². The van der Waals surface area contributed by atoms with Gasteiger partial charge in [0.1, 0.15) is 24.2 Å². The summed E-state index contributed by atoms with van der Waals surface area (Å²) in [6.45, 7) is 0.875. The molecule has 1 N–H and O–H groups in total. The van der Waals surface area contributed by atoms with Gasteiger partial charge in [-0.1, -0.05) is 12.1 Å².